The van der Waals surface area contributed by atoms with Gasteiger partial charge >= 0.3 is 0 Å². The van der Waals surface area contributed by atoms with Crippen LogP contribution in [0.15, 0.2) is 42.5 Å². The molecule has 0 aliphatic carbocycles. The van der Waals surface area contributed by atoms with Crippen LogP contribution in [0, 0.1) is 18.6 Å². The van der Waals surface area contributed by atoms with E-state index in [4.69, 9.17) is 17.0 Å². The van der Waals surface area contributed by atoms with Crippen LogP contribution in [-0.4, -0.2) is 58.0 Å². The number of hydrogen-bond acceptors (Lipinski definition) is 6. The molecule has 1 aliphatic rings. The van der Waals surface area contributed by atoms with Gasteiger partial charge < -0.3 is 9.64 Å². The number of ether oxygens (including phenoxy) is 1. The minimum Gasteiger partial charge on any atom is -0.378 e. The van der Waals surface area contributed by atoms with E-state index in [0.717, 1.165) is 38.5 Å². The number of nitrogens with zero attached hydrogens (tertiary/aromatic N) is 6. The molecule has 1 aliphatic heterocycles. The molecule has 0 N–H and O–H groups in total. The highest BCUT2D eigenvalue weighted by Crippen LogP contribution is 2.18. The summed E-state index contributed by atoms with van der Waals surface area (Å²) in [6.45, 7) is 9.03. The predicted octanol–water partition coefficient (Wildman–Crippen LogP) is 3.34. The molecule has 7 nitrogen and oxygen atoms in total. The molecule has 0 saturated carbocycles. The Morgan fingerprint density at radius 3 is 2.30 bits per heavy atom. The van der Waals surface area contributed by atoms with E-state index in [1.807, 2.05) is 0 Å². The summed E-state index contributed by atoms with van der Waals surface area (Å²) in [6.07, 6.45) is 0. The third-order valence-electron chi connectivity index (χ3n) is 5.23. The van der Waals surface area contributed by atoms with Gasteiger partial charge in [0.2, 0.25) is 4.77 Å². The number of morpholine rings is 1. The molecular weight excluding hydrogens is 396 g/mol. The molecule has 0 atom stereocenters. The van der Waals surface area contributed by atoms with Crippen molar-refractivity contribution in [3.63, 3.8) is 0 Å². The second-order valence-electron chi connectivity index (χ2n) is 7.94. The summed E-state index contributed by atoms with van der Waals surface area (Å²) in [7, 11) is 2.06. The smallest absolute Gasteiger partial charge is 0.221 e. The highest BCUT2D eigenvalue weighted by molar-refractivity contribution is 7.71. The summed E-state index contributed by atoms with van der Waals surface area (Å²) < 4.78 is 9.51. The Labute approximate surface area is 182 Å². The molecule has 2 aromatic carbocycles. The van der Waals surface area contributed by atoms with Crippen molar-refractivity contribution < 1.29 is 4.74 Å². The second-order valence-corrected chi connectivity index (χ2v) is 8.31. The molecule has 0 amide bonds. The van der Waals surface area contributed by atoms with Gasteiger partial charge in [-0.05, 0) is 84.5 Å². The van der Waals surface area contributed by atoms with E-state index in [-0.39, 0.29) is 0 Å². The minimum absolute atomic E-state index is 0.578. The van der Waals surface area contributed by atoms with Crippen LogP contribution in [0.5, 0.6) is 0 Å². The zero-order valence-electron chi connectivity index (χ0n) is 17.8. The summed E-state index contributed by atoms with van der Waals surface area (Å²) in [5, 5.41) is 8.55. The molecule has 1 fully saturated rings. The van der Waals surface area contributed by atoms with Crippen molar-refractivity contribution in [2.45, 2.75) is 27.1 Å². The van der Waals surface area contributed by atoms with E-state index in [1.165, 1.54) is 22.4 Å². The molecular formula is C22H28N6OS. The zero-order chi connectivity index (χ0) is 21.1. The lowest BCUT2D eigenvalue weighted by molar-refractivity contribution is 0.122. The van der Waals surface area contributed by atoms with Crippen LogP contribution in [0.3, 0.4) is 0 Å². The van der Waals surface area contributed by atoms with Gasteiger partial charge in [0.05, 0.1) is 25.6 Å². The number of aromatic nitrogens is 4. The topological polar surface area (TPSA) is 51.4 Å². The first kappa shape index (κ1) is 20.7. The highest BCUT2D eigenvalue weighted by Gasteiger charge is 2.12. The monoisotopic (exact) mass is 424 g/mol. The van der Waals surface area contributed by atoms with Crippen molar-refractivity contribution in [1.29, 1.82) is 0 Å². The first-order valence-electron chi connectivity index (χ1n) is 10.2. The lowest BCUT2D eigenvalue weighted by Gasteiger charge is -2.29. The molecule has 8 heteroatoms. The maximum Gasteiger partial charge on any atom is 0.221 e. The fourth-order valence-corrected chi connectivity index (χ4v) is 4.06. The van der Waals surface area contributed by atoms with Gasteiger partial charge in [-0.2, -0.15) is 4.68 Å². The molecule has 0 spiro atoms. The molecule has 1 saturated heterocycles. The summed E-state index contributed by atoms with van der Waals surface area (Å²) in [5.41, 5.74) is 5.81. The predicted molar refractivity (Wildman–Crippen MR) is 121 cm³/mol. The molecule has 30 heavy (non-hydrogen) atoms. The van der Waals surface area contributed by atoms with E-state index in [1.54, 1.807) is 9.36 Å². The average Bonchev–Trinajstić information content (AvgIpc) is 3.08. The first-order chi connectivity index (χ1) is 14.5. The SMILES string of the molecule is Cc1cc(C)cc(-n2nnn(CN(C)Cc3ccc(N4CCOCC4)cc3)c2=S)c1. The van der Waals surface area contributed by atoms with Crippen molar-refractivity contribution in [3.05, 3.63) is 63.9 Å². The molecule has 3 aromatic rings. The third-order valence-corrected chi connectivity index (χ3v) is 5.61. The van der Waals surface area contributed by atoms with Crippen LogP contribution < -0.4 is 4.90 Å². The van der Waals surface area contributed by atoms with Gasteiger partial charge in [-0.1, -0.05) is 18.2 Å². The number of anilines is 1. The summed E-state index contributed by atoms with van der Waals surface area (Å²) in [6, 6.07) is 15.0. The van der Waals surface area contributed by atoms with Crippen LogP contribution in [-0.2, 0) is 18.0 Å². The van der Waals surface area contributed by atoms with Crippen molar-refractivity contribution in [3.8, 4) is 5.69 Å². The molecule has 1 aromatic heterocycles. The van der Waals surface area contributed by atoms with Crippen molar-refractivity contribution in [2.75, 3.05) is 38.3 Å². The Kier molecular flexibility index (Phi) is 6.26. The Balaban J connectivity index is 1.41. The van der Waals surface area contributed by atoms with Crippen molar-refractivity contribution >= 4 is 17.9 Å². The van der Waals surface area contributed by atoms with Gasteiger partial charge in [-0.15, -0.1) is 0 Å². The van der Waals surface area contributed by atoms with Crippen LogP contribution >= 0.6 is 12.2 Å². The normalized spacial score (nSPS) is 14.5. The Hall–Kier alpha value is -2.55. The number of aryl methyl sites for hydroxylation is 2. The van der Waals surface area contributed by atoms with Gasteiger partial charge in [0.1, 0.15) is 0 Å². The van der Waals surface area contributed by atoms with Crippen LogP contribution in [0.1, 0.15) is 16.7 Å². The maximum absolute atomic E-state index is 5.62. The van der Waals surface area contributed by atoms with E-state index < -0.39 is 0 Å². The number of benzene rings is 2. The standard InChI is InChI=1S/C22H28N6OS/c1-17-12-18(2)14-21(13-17)28-22(30)27(23-24-28)16-25(3)15-19-4-6-20(7-5-19)26-8-10-29-11-9-26/h4-7,12-14H,8-11,15-16H2,1-3H3. The van der Waals surface area contributed by atoms with Gasteiger partial charge in [0, 0.05) is 25.3 Å². The van der Waals surface area contributed by atoms with Gasteiger partial charge in [0.25, 0.3) is 0 Å². The number of rotatable bonds is 6. The average molecular weight is 425 g/mol. The first-order valence-corrected chi connectivity index (χ1v) is 10.6. The van der Waals surface area contributed by atoms with Crippen LogP contribution in [0.25, 0.3) is 5.69 Å². The van der Waals surface area contributed by atoms with E-state index >= 15 is 0 Å². The third kappa shape index (κ3) is 4.77. The molecule has 4 rings (SSSR count). The largest absolute Gasteiger partial charge is 0.378 e. The summed E-state index contributed by atoms with van der Waals surface area (Å²) in [5.74, 6) is 0. The van der Waals surface area contributed by atoms with Crippen LogP contribution in [0.4, 0.5) is 5.69 Å². The lowest BCUT2D eigenvalue weighted by atomic mass is 10.1. The summed E-state index contributed by atoms with van der Waals surface area (Å²) >= 11 is 5.62. The maximum atomic E-state index is 5.62. The fourth-order valence-electron chi connectivity index (χ4n) is 3.82. The van der Waals surface area contributed by atoms with Gasteiger partial charge in [-0.3, -0.25) is 4.90 Å². The van der Waals surface area contributed by atoms with Crippen molar-refractivity contribution in [2.24, 2.45) is 0 Å². The Bertz CT molecular complexity index is 1030. The molecule has 0 unspecified atom stereocenters. The van der Waals surface area contributed by atoms with E-state index in [9.17, 15) is 0 Å². The van der Waals surface area contributed by atoms with E-state index in [0.29, 0.717) is 11.4 Å². The Morgan fingerprint density at radius 1 is 0.967 bits per heavy atom. The fraction of sp³-hybridized carbons (Fsp3) is 0.409. The van der Waals surface area contributed by atoms with Gasteiger partial charge in [-0.25, -0.2) is 4.68 Å². The van der Waals surface area contributed by atoms with Crippen molar-refractivity contribution in [1.82, 2.24) is 24.7 Å². The molecule has 158 valence electrons. The highest BCUT2D eigenvalue weighted by atomic mass is 32.1. The molecule has 0 radical (unpaired) electrons. The number of tetrazole rings is 1. The van der Waals surface area contributed by atoms with Crippen LogP contribution in [0.2, 0.25) is 0 Å². The molecule has 2 heterocycles. The second kappa shape index (κ2) is 9.07. The number of hydrogen-bond donors (Lipinski definition) is 0. The summed E-state index contributed by atoms with van der Waals surface area (Å²) in [4.78, 5) is 4.54. The quantitative estimate of drug-likeness (QED) is 0.566. The van der Waals surface area contributed by atoms with E-state index in [2.05, 4.69) is 83.6 Å². The van der Waals surface area contributed by atoms with Gasteiger partial charge in [0.15, 0.2) is 0 Å². The minimum atomic E-state index is 0.578. The Morgan fingerprint density at radius 2 is 1.63 bits per heavy atom. The molecule has 0 bridgehead atoms. The lowest BCUT2D eigenvalue weighted by Crippen LogP contribution is -2.36. The zero-order valence-corrected chi connectivity index (χ0v) is 18.6.